The van der Waals surface area contributed by atoms with Crippen LogP contribution >= 0.6 is 0 Å². The molecule has 2 nitrogen and oxygen atoms in total. The van der Waals surface area contributed by atoms with Crippen LogP contribution in [-0.4, -0.2) is 8.07 Å². The molecule has 0 saturated carbocycles. The van der Waals surface area contributed by atoms with Crippen LogP contribution in [0.4, 0.5) is 0 Å². The summed E-state index contributed by atoms with van der Waals surface area (Å²) in [6.07, 6.45) is -1.78. The highest BCUT2D eigenvalue weighted by molar-refractivity contribution is 7.19. The van der Waals surface area contributed by atoms with Gasteiger partial charge in [0.25, 0.3) is 0 Å². The Morgan fingerprint density at radius 2 is 0.903 bits per heavy atom. The van der Waals surface area contributed by atoms with Crippen molar-refractivity contribution >= 4 is 28.8 Å². The van der Waals surface area contributed by atoms with Gasteiger partial charge in [0.05, 0.1) is 0 Å². The molecule has 0 unspecified atom stereocenters. The smallest absolute Gasteiger partial charge is 0.179 e. The summed E-state index contributed by atoms with van der Waals surface area (Å²) in [6, 6.07) is 54.4. The number of fused-ring (bicyclic) bond motifs is 4. The molecule has 0 radical (unpaired) electrons. The second-order valence-electron chi connectivity index (χ2n) is 17.5. The summed E-state index contributed by atoms with van der Waals surface area (Å²) in [5, 5.41) is 4.25. The summed E-state index contributed by atoms with van der Waals surface area (Å²) in [5.74, 6) is 1.65. The Morgan fingerprint density at radius 1 is 0.468 bits per heavy atom. The molecule has 306 valence electrons. The van der Waals surface area contributed by atoms with Crippen LogP contribution in [0.5, 0.6) is 23.0 Å². The van der Waals surface area contributed by atoms with Crippen LogP contribution in [-0.2, 0) is 17.2 Å². The minimum Gasteiger partial charge on any atom is -0.456 e. The molecule has 0 spiro atoms. The summed E-state index contributed by atoms with van der Waals surface area (Å²) in [7, 11) is -3.25. The fourth-order valence-corrected chi connectivity index (χ4v) is 14.8. The topological polar surface area (TPSA) is 18.5 Å². The Bertz CT molecular complexity index is 3200. The Hall–Kier alpha value is -6.42. The summed E-state index contributed by atoms with van der Waals surface area (Å²) in [4.78, 5) is 0. The van der Waals surface area contributed by atoms with Gasteiger partial charge >= 0.3 is 0 Å². The van der Waals surface area contributed by atoms with Gasteiger partial charge in [0, 0.05) is 59.3 Å². The maximum absolute atomic E-state index is 9.06. The van der Waals surface area contributed by atoms with E-state index in [0.29, 0.717) is 45.3 Å². The molecule has 10 rings (SSSR count). The van der Waals surface area contributed by atoms with Gasteiger partial charge in [0.2, 0.25) is 0 Å². The molecular weight excluding hydrogens is 769 g/mol. The minimum absolute atomic E-state index is 0.114. The average molecular weight is 834 g/mol. The average Bonchev–Trinajstić information content (AvgIpc) is 3.33. The van der Waals surface area contributed by atoms with Gasteiger partial charge in [0.1, 0.15) is 23.0 Å². The van der Waals surface area contributed by atoms with Crippen molar-refractivity contribution in [2.75, 3.05) is 0 Å². The van der Waals surface area contributed by atoms with Crippen LogP contribution in [0.2, 0.25) is 0 Å². The molecule has 0 bridgehead atoms. The molecule has 0 aliphatic carbocycles. The molecule has 0 atom stereocenters. The van der Waals surface area contributed by atoms with E-state index < -0.39 is 45.8 Å². The maximum atomic E-state index is 9.06. The zero-order valence-electron chi connectivity index (χ0n) is 46.5. The van der Waals surface area contributed by atoms with Gasteiger partial charge in [-0.3, -0.25) is 0 Å². The SMILES string of the molecule is [2H]C([2H])([2H])c1ccc2c(c1)Oc1c(ccc(C([2H])([2H])[2H])c1-c1ccc([Si](c3ccccc3)(c3ccccc3)c3ccc(-c4c(C([2H])([2H])C)ccc5c4Oc4cc(C([2H])([2H])[2H])ccc4C5(C)C)cc3)cc1)C2(C)C. The first-order valence-electron chi connectivity index (χ1n) is 26.6. The molecule has 2 heterocycles. The maximum Gasteiger partial charge on any atom is 0.179 e. The lowest BCUT2D eigenvalue weighted by Crippen LogP contribution is -2.74. The lowest BCUT2D eigenvalue weighted by molar-refractivity contribution is 0.418. The second kappa shape index (κ2) is 14.9. The number of aryl methyl sites for hydroxylation is 4. The van der Waals surface area contributed by atoms with Crippen molar-refractivity contribution in [2.45, 2.75) is 72.4 Å². The number of rotatable bonds is 7. The van der Waals surface area contributed by atoms with E-state index in [9.17, 15) is 0 Å². The zero-order valence-corrected chi connectivity index (χ0v) is 36.5. The predicted octanol–water partition coefficient (Wildman–Crippen LogP) is 12.7. The van der Waals surface area contributed by atoms with Gasteiger partial charge in [-0.15, -0.1) is 0 Å². The highest BCUT2D eigenvalue weighted by Gasteiger charge is 2.42. The van der Waals surface area contributed by atoms with E-state index in [-0.39, 0.29) is 16.7 Å². The van der Waals surface area contributed by atoms with Crippen LogP contribution in [0.1, 0.15) is 94.2 Å². The Morgan fingerprint density at radius 3 is 1.37 bits per heavy atom. The lowest BCUT2D eigenvalue weighted by Gasteiger charge is -2.37. The van der Waals surface area contributed by atoms with Gasteiger partial charge < -0.3 is 9.47 Å². The molecule has 2 aliphatic heterocycles. The molecule has 8 aromatic rings. The molecule has 3 heteroatoms. The first-order valence-corrected chi connectivity index (χ1v) is 23.1. The molecule has 2 aliphatic rings. The first kappa shape index (κ1) is 29.0. The van der Waals surface area contributed by atoms with Crippen LogP contribution < -0.4 is 30.2 Å². The predicted molar refractivity (Wildman–Crippen MR) is 262 cm³/mol. The monoisotopic (exact) mass is 833 g/mol. The summed E-state index contributed by atoms with van der Waals surface area (Å²) >= 11 is 0. The largest absolute Gasteiger partial charge is 0.456 e. The van der Waals surface area contributed by atoms with Crippen LogP contribution in [0.25, 0.3) is 22.3 Å². The third-order valence-electron chi connectivity index (χ3n) is 13.3. The highest BCUT2D eigenvalue weighted by Crippen LogP contribution is 2.54. The zero-order chi connectivity index (χ0) is 52.3. The van der Waals surface area contributed by atoms with Crippen molar-refractivity contribution in [3.63, 3.8) is 0 Å². The molecule has 0 aromatic heterocycles. The molecule has 0 N–H and O–H groups in total. The Balaban J connectivity index is 1.16. The third-order valence-corrected chi connectivity index (χ3v) is 18.1. The fourth-order valence-electron chi connectivity index (χ4n) is 10.0. The van der Waals surface area contributed by atoms with Gasteiger partial charge in [-0.2, -0.15) is 0 Å². The summed E-state index contributed by atoms with van der Waals surface area (Å²) < 4.78 is 107. The number of benzene rings is 8. The highest BCUT2D eigenvalue weighted by atomic mass is 28.3. The van der Waals surface area contributed by atoms with E-state index in [2.05, 4.69) is 62.4 Å². The Kier molecular flexibility index (Phi) is 6.96. The van der Waals surface area contributed by atoms with Crippen LogP contribution in [0.15, 0.2) is 170 Å². The quantitative estimate of drug-likeness (QED) is 0.118. The van der Waals surface area contributed by atoms with Crippen molar-refractivity contribution in [1.82, 2.24) is 0 Å². The number of hydrogen-bond acceptors (Lipinski definition) is 2. The normalized spacial score (nSPS) is 17.9. The first-order chi connectivity index (χ1) is 34.2. The van der Waals surface area contributed by atoms with Gasteiger partial charge in [-0.25, -0.2) is 0 Å². The van der Waals surface area contributed by atoms with Crippen molar-refractivity contribution < 1.29 is 24.6 Å². The van der Waals surface area contributed by atoms with Gasteiger partial charge in [0.15, 0.2) is 8.07 Å². The van der Waals surface area contributed by atoms with Crippen molar-refractivity contribution in [3.05, 3.63) is 214 Å². The van der Waals surface area contributed by atoms with Crippen molar-refractivity contribution in [3.8, 4) is 45.3 Å². The lowest BCUT2D eigenvalue weighted by atomic mass is 9.74. The van der Waals surface area contributed by atoms with Crippen LogP contribution in [0, 0.1) is 20.6 Å². The number of ether oxygens (including phenoxy) is 2. The third kappa shape index (κ3) is 6.12. The standard InChI is InChI=1S/C59H54O2Si/c1-9-41-27-35-51-57(61-53-37-39(3)21-33-49(53)59(51,7)8)55(41)43-25-30-47(31-26-43)62(44-16-12-10-13-17-44,45-18-14-11-15-19-45)46-28-23-42(24-29-46)54-40(4)22-34-50-56(54)60-52-36-38(2)20-32-48(52)58(50,5)6/h10-37H,9H2,1-8H3/i2D3,3D3,4D3,9D2. The van der Waals surface area contributed by atoms with Gasteiger partial charge in [-0.05, 0) is 93.2 Å². The van der Waals surface area contributed by atoms with Crippen molar-refractivity contribution in [1.29, 1.82) is 0 Å². The molecule has 0 saturated heterocycles. The van der Waals surface area contributed by atoms with E-state index in [1.807, 2.05) is 98.8 Å². The van der Waals surface area contributed by atoms with Gasteiger partial charge in [-0.1, -0.05) is 192 Å². The molecule has 8 aromatic carbocycles. The summed E-state index contributed by atoms with van der Waals surface area (Å²) in [5.41, 5.74) is 5.18. The molecular formula is C59H54O2Si. The van der Waals surface area contributed by atoms with Crippen LogP contribution in [0.3, 0.4) is 0 Å². The summed E-state index contributed by atoms with van der Waals surface area (Å²) in [6.45, 7) is 2.49. The molecule has 62 heavy (non-hydrogen) atoms. The van der Waals surface area contributed by atoms with E-state index in [1.54, 1.807) is 36.4 Å². The Labute approximate surface area is 384 Å². The van der Waals surface area contributed by atoms with E-state index in [1.165, 1.54) is 6.92 Å². The van der Waals surface area contributed by atoms with E-state index in [4.69, 9.17) is 24.6 Å². The minimum atomic E-state index is -3.25. The van der Waals surface area contributed by atoms with E-state index in [0.717, 1.165) is 48.6 Å². The second-order valence-corrected chi connectivity index (χ2v) is 21.3. The number of hydrogen-bond donors (Lipinski definition) is 0. The molecule has 0 fully saturated rings. The fraction of sp³-hybridized carbons (Fsp3) is 0.186. The molecule has 0 amide bonds. The van der Waals surface area contributed by atoms with Crippen molar-refractivity contribution in [2.24, 2.45) is 0 Å². The van der Waals surface area contributed by atoms with E-state index >= 15 is 0 Å².